The van der Waals surface area contributed by atoms with Crippen molar-refractivity contribution < 1.29 is 40.2 Å². The third kappa shape index (κ3) is 3.12. The Balaban J connectivity index is 3.13. The first kappa shape index (κ1) is 18.4. The lowest BCUT2D eigenvalue weighted by atomic mass is 9.69. The van der Waals surface area contributed by atoms with Crippen molar-refractivity contribution >= 4 is 0 Å². The van der Waals surface area contributed by atoms with Crippen molar-refractivity contribution in [3.05, 3.63) is 0 Å². The van der Waals surface area contributed by atoms with Gasteiger partial charge < -0.3 is 5.11 Å². The van der Waals surface area contributed by atoms with E-state index in [-0.39, 0.29) is 12.8 Å². The summed E-state index contributed by atoms with van der Waals surface area (Å²) in [6, 6.07) is 0. The van der Waals surface area contributed by atoms with Crippen molar-refractivity contribution in [1.82, 2.24) is 0 Å². The van der Waals surface area contributed by atoms with E-state index in [1.807, 2.05) is 0 Å². The van der Waals surface area contributed by atoms with Crippen LogP contribution >= 0.6 is 0 Å². The van der Waals surface area contributed by atoms with Crippen molar-refractivity contribution in [2.45, 2.75) is 62.9 Å². The first-order valence-electron chi connectivity index (χ1n) is 6.51. The molecule has 1 rings (SSSR count). The highest BCUT2D eigenvalue weighted by Gasteiger charge is 2.75. The molecule has 4 unspecified atom stereocenters. The lowest BCUT2D eigenvalue weighted by molar-refractivity contribution is -0.393. The third-order valence-electron chi connectivity index (χ3n) is 4.05. The van der Waals surface area contributed by atoms with Gasteiger partial charge in [-0.25, -0.2) is 8.78 Å². The van der Waals surface area contributed by atoms with Crippen LogP contribution in [0.4, 0.5) is 35.1 Å². The molecule has 0 saturated heterocycles. The largest absolute Gasteiger partial charge is 0.426 e. The number of aliphatic hydroxyl groups is 1. The second-order valence-corrected chi connectivity index (χ2v) is 5.38. The van der Waals surface area contributed by atoms with E-state index in [1.165, 1.54) is 0 Å². The molecule has 0 bridgehead atoms. The fraction of sp³-hybridized carbons (Fsp3) is 1.00. The van der Waals surface area contributed by atoms with Gasteiger partial charge in [0.05, 0.1) is 0 Å². The minimum absolute atomic E-state index is 0.171. The van der Waals surface area contributed by atoms with Crippen LogP contribution < -0.4 is 0 Å². The van der Waals surface area contributed by atoms with Gasteiger partial charge in [0.25, 0.3) is 5.60 Å². The van der Waals surface area contributed by atoms with E-state index in [1.54, 1.807) is 6.92 Å². The summed E-state index contributed by atoms with van der Waals surface area (Å²) in [5, 5.41) is 9.16. The number of rotatable bonds is 3. The zero-order valence-corrected chi connectivity index (χ0v) is 11.1. The normalized spacial score (nSPS) is 32.3. The molecule has 1 saturated carbocycles. The van der Waals surface area contributed by atoms with Crippen LogP contribution in [0.3, 0.4) is 0 Å². The maximum absolute atomic E-state index is 13.8. The van der Waals surface area contributed by atoms with Crippen molar-refractivity contribution in [2.24, 2.45) is 11.8 Å². The Hall–Kier alpha value is -0.600. The second-order valence-electron chi connectivity index (χ2n) is 5.38. The monoisotopic (exact) mass is 328 g/mol. The van der Waals surface area contributed by atoms with Crippen molar-refractivity contribution in [1.29, 1.82) is 0 Å². The zero-order valence-electron chi connectivity index (χ0n) is 11.1. The maximum atomic E-state index is 13.8. The summed E-state index contributed by atoms with van der Waals surface area (Å²) in [6.45, 7) is 1.65. The molecule has 9 heteroatoms. The highest BCUT2D eigenvalue weighted by molar-refractivity contribution is 5.05. The number of halogens is 8. The van der Waals surface area contributed by atoms with Crippen molar-refractivity contribution in [3.63, 3.8) is 0 Å². The minimum atomic E-state index is -6.13. The Kier molecular flexibility index (Phi) is 5.17. The van der Waals surface area contributed by atoms with Gasteiger partial charge in [-0.1, -0.05) is 13.3 Å². The average Bonchev–Trinajstić information content (AvgIpc) is 2.32. The zero-order chi connectivity index (χ0) is 16.6. The fourth-order valence-corrected chi connectivity index (χ4v) is 2.89. The van der Waals surface area contributed by atoms with Crippen LogP contribution in [0, 0.1) is 11.8 Å². The predicted molar refractivity (Wildman–Crippen MR) is 58.0 cm³/mol. The van der Waals surface area contributed by atoms with Crippen molar-refractivity contribution in [2.75, 3.05) is 0 Å². The molecule has 1 nitrogen and oxygen atoms in total. The molecule has 0 aromatic rings. The van der Waals surface area contributed by atoms with Gasteiger partial charge in [-0.15, -0.1) is 0 Å². The molecular weight excluding hydrogens is 312 g/mol. The maximum Gasteiger partial charge on any atom is 0.426 e. The Morgan fingerprint density at radius 1 is 0.905 bits per heavy atom. The molecule has 0 radical (unpaired) electrons. The Morgan fingerprint density at radius 2 is 1.38 bits per heavy atom. The summed E-state index contributed by atoms with van der Waals surface area (Å²) >= 11 is 0. The molecule has 0 aromatic carbocycles. The van der Waals surface area contributed by atoms with E-state index in [0.29, 0.717) is 6.42 Å². The Bertz CT molecular complexity index is 336. The quantitative estimate of drug-likeness (QED) is 0.764. The molecule has 0 heterocycles. The van der Waals surface area contributed by atoms with Gasteiger partial charge in [-0.05, 0) is 25.2 Å². The summed E-state index contributed by atoms with van der Waals surface area (Å²) < 4.78 is 104. The third-order valence-corrected chi connectivity index (χ3v) is 4.05. The number of hydrogen-bond donors (Lipinski definition) is 1. The summed E-state index contributed by atoms with van der Waals surface area (Å²) in [5.74, 6) is -3.81. The number of hydrogen-bond acceptors (Lipinski definition) is 1. The predicted octanol–water partition coefficient (Wildman–Crippen LogP) is 4.34. The highest BCUT2D eigenvalue weighted by atomic mass is 19.4. The Morgan fingerprint density at radius 3 is 1.76 bits per heavy atom. The van der Waals surface area contributed by atoms with Crippen LogP contribution in [0.15, 0.2) is 0 Å². The summed E-state index contributed by atoms with van der Waals surface area (Å²) in [5.41, 5.74) is -5.24. The van der Waals surface area contributed by atoms with E-state index in [0.717, 1.165) is 0 Å². The van der Waals surface area contributed by atoms with E-state index in [4.69, 9.17) is 5.11 Å². The first-order valence-corrected chi connectivity index (χ1v) is 6.51. The molecule has 21 heavy (non-hydrogen) atoms. The van der Waals surface area contributed by atoms with Crippen LogP contribution in [-0.4, -0.2) is 35.4 Å². The first-order chi connectivity index (χ1) is 9.38. The van der Waals surface area contributed by atoms with Crippen molar-refractivity contribution in [3.8, 4) is 0 Å². The standard InChI is InChI=1S/C12H16F8O/c1-2-3-6-4-5-7(9(14)8(6)13)10(21,11(15,16)17)12(18,19)20/h6-9,21H,2-5H2,1H3. The Labute approximate surface area is 116 Å². The van der Waals surface area contributed by atoms with Gasteiger partial charge in [0.15, 0.2) is 0 Å². The molecule has 1 aliphatic rings. The summed E-state index contributed by atoms with van der Waals surface area (Å²) in [4.78, 5) is 0. The van der Waals surface area contributed by atoms with Crippen LogP contribution in [0.25, 0.3) is 0 Å². The van der Waals surface area contributed by atoms with Gasteiger partial charge in [0.1, 0.15) is 12.3 Å². The molecule has 0 spiro atoms. The van der Waals surface area contributed by atoms with Gasteiger partial charge >= 0.3 is 12.4 Å². The lowest BCUT2D eigenvalue weighted by Crippen LogP contribution is -2.65. The number of alkyl halides is 8. The molecule has 1 aliphatic carbocycles. The molecular formula is C12H16F8O. The molecule has 0 amide bonds. The lowest BCUT2D eigenvalue weighted by Gasteiger charge is -2.44. The van der Waals surface area contributed by atoms with Gasteiger partial charge in [-0.2, -0.15) is 26.3 Å². The van der Waals surface area contributed by atoms with E-state index >= 15 is 0 Å². The van der Waals surface area contributed by atoms with Gasteiger partial charge in [0, 0.05) is 5.92 Å². The smallest absolute Gasteiger partial charge is 0.373 e. The second kappa shape index (κ2) is 5.89. The fourth-order valence-electron chi connectivity index (χ4n) is 2.89. The average molecular weight is 328 g/mol. The molecule has 0 aromatic heterocycles. The molecule has 1 N–H and O–H groups in total. The van der Waals surface area contributed by atoms with E-state index in [9.17, 15) is 35.1 Å². The molecule has 4 atom stereocenters. The summed E-state index contributed by atoms with van der Waals surface area (Å²) in [6.07, 6.45) is -18.3. The highest BCUT2D eigenvalue weighted by Crippen LogP contribution is 2.53. The SMILES string of the molecule is CCCC1CCC(C(O)(C(F)(F)F)C(F)(F)F)C(F)C1F. The van der Waals surface area contributed by atoms with E-state index in [2.05, 4.69) is 0 Å². The van der Waals surface area contributed by atoms with Crippen LogP contribution in [0.5, 0.6) is 0 Å². The topological polar surface area (TPSA) is 20.2 Å². The van der Waals surface area contributed by atoms with Gasteiger partial charge in [-0.3, -0.25) is 0 Å². The van der Waals surface area contributed by atoms with Crippen LogP contribution in [0.2, 0.25) is 0 Å². The van der Waals surface area contributed by atoms with Crippen LogP contribution in [0.1, 0.15) is 32.6 Å². The molecule has 0 aliphatic heterocycles. The summed E-state index contributed by atoms with van der Waals surface area (Å²) in [7, 11) is 0. The molecule has 126 valence electrons. The van der Waals surface area contributed by atoms with Gasteiger partial charge in [0.2, 0.25) is 0 Å². The van der Waals surface area contributed by atoms with Crippen LogP contribution in [-0.2, 0) is 0 Å². The minimum Gasteiger partial charge on any atom is -0.373 e. The van der Waals surface area contributed by atoms with E-state index < -0.39 is 48.6 Å². The molecule has 1 fully saturated rings.